The van der Waals surface area contributed by atoms with Crippen molar-refractivity contribution in [2.24, 2.45) is 0 Å². The van der Waals surface area contributed by atoms with E-state index < -0.39 is 0 Å². The summed E-state index contributed by atoms with van der Waals surface area (Å²) in [7, 11) is 1.96. The second-order valence-corrected chi connectivity index (χ2v) is 51.6. The lowest BCUT2D eigenvalue weighted by molar-refractivity contribution is -0.130. The van der Waals surface area contributed by atoms with Gasteiger partial charge in [-0.05, 0) is 289 Å². The largest absolute Gasteiger partial charge is 0.423 e. The maximum atomic E-state index is 12.9. The number of rotatable bonds is 18. The van der Waals surface area contributed by atoms with Gasteiger partial charge in [0.05, 0.1) is 22.3 Å². The predicted molar refractivity (Wildman–Crippen MR) is 627 cm³/mol. The van der Waals surface area contributed by atoms with Crippen molar-refractivity contribution in [3.8, 4) is 34.5 Å². The first-order valence-corrected chi connectivity index (χ1v) is 61.3. The van der Waals surface area contributed by atoms with E-state index in [0.717, 1.165) is 53.9 Å². The van der Waals surface area contributed by atoms with E-state index in [-0.39, 0.29) is 35.8 Å². The van der Waals surface area contributed by atoms with Crippen LogP contribution in [0.25, 0.3) is 86.2 Å². The average Bonchev–Trinajstić information content (AvgIpc) is 1.74. The third-order valence-electron chi connectivity index (χ3n) is 27.8. The SMILES string of the molecule is C=C(C)C(=O)Oc1ccc([S+]2CCCC2)c2ccccc12.C=C(C)C(=O)Oc1ccc([S+]2CCCCC2)c2ccccc12.O=C(Oc1ccc([S+]2CCCC2)c2ccccc12)c1ccc2ccccc2c1.O=C(Oc1ccc([S+]2CCCC2)c2ccccc12)c1ccccc1.O=C(Oc1ccc([S+]2CCCCC2)c2ccccc12)c1ccc2ccccc2c1.O=C(Oc1ccc([S+]2CCCCC2)c2ccccc12)c1ccccc1. The number of esters is 6. The molecule has 18 heteroatoms. The number of hydrogen-bond acceptors (Lipinski definition) is 12. The second-order valence-electron chi connectivity index (χ2n) is 38.1. The summed E-state index contributed by atoms with van der Waals surface area (Å²) >= 11 is 0. The molecule has 6 fully saturated rings. The van der Waals surface area contributed by atoms with Crippen molar-refractivity contribution in [2.45, 2.75) is 140 Å². The lowest BCUT2D eigenvalue weighted by atomic mass is 10.1. The summed E-state index contributed by atoms with van der Waals surface area (Å²) < 4.78 is 34.1. The highest BCUT2D eigenvalue weighted by Crippen LogP contribution is 2.44. The molecule has 149 heavy (non-hydrogen) atoms. The number of carbonyl (C=O) groups is 6. The molecule has 18 aromatic rings. The van der Waals surface area contributed by atoms with Crippen LogP contribution in [0.1, 0.15) is 152 Å². The first-order valence-electron chi connectivity index (χ1n) is 52.0. The maximum Gasteiger partial charge on any atom is 0.343 e. The Kier molecular flexibility index (Phi) is 35.3. The van der Waals surface area contributed by atoms with Gasteiger partial charge < -0.3 is 28.4 Å². The molecule has 12 nitrogen and oxygen atoms in total. The Morgan fingerprint density at radius 2 is 0.362 bits per heavy atom. The van der Waals surface area contributed by atoms with Crippen LogP contribution in [-0.4, -0.2) is 105 Å². The van der Waals surface area contributed by atoms with Crippen LogP contribution in [0.4, 0.5) is 0 Å². The zero-order valence-corrected chi connectivity index (χ0v) is 89.4. The Balaban J connectivity index is 0.000000113. The molecule has 0 N–H and O–H groups in total. The Morgan fingerprint density at radius 1 is 0.181 bits per heavy atom. The van der Waals surface area contributed by atoms with Gasteiger partial charge in [0.2, 0.25) is 0 Å². The van der Waals surface area contributed by atoms with E-state index in [1.54, 1.807) is 38.1 Å². The van der Waals surface area contributed by atoms with Crippen molar-refractivity contribution < 1.29 is 57.2 Å². The highest BCUT2D eigenvalue weighted by molar-refractivity contribution is 7.98. The molecule has 0 spiro atoms. The van der Waals surface area contributed by atoms with E-state index >= 15 is 0 Å². The lowest BCUT2D eigenvalue weighted by Crippen LogP contribution is -2.18. The molecule has 0 saturated carbocycles. The summed E-state index contributed by atoms with van der Waals surface area (Å²) in [5.74, 6) is 17.3. The molecule has 6 heterocycles. The van der Waals surface area contributed by atoms with Crippen LogP contribution in [-0.2, 0) is 75.0 Å². The van der Waals surface area contributed by atoms with Gasteiger partial charge in [-0.15, -0.1) is 0 Å². The molecule has 6 saturated heterocycles. The summed E-state index contributed by atoms with van der Waals surface area (Å²) in [5, 5.41) is 17.8. The molecule has 0 atom stereocenters. The van der Waals surface area contributed by atoms with Crippen molar-refractivity contribution in [3.63, 3.8) is 0 Å². The lowest BCUT2D eigenvalue weighted by Gasteiger charge is -2.16. The molecule has 0 bridgehead atoms. The monoisotopic (exact) mass is 2080 g/mol. The van der Waals surface area contributed by atoms with Crippen molar-refractivity contribution in [2.75, 3.05) is 69.0 Å². The van der Waals surface area contributed by atoms with Gasteiger partial charge in [-0.3, -0.25) is 0 Å². The highest BCUT2D eigenvalue weighted by Gasteiger charge is 2.36. The second kappa shape index (κ2) is 50.6. The number of ether oxygens (including phenoxy) is 6. The summed E-state index contributed by atoms with van der Waals surface area (Å²) in [5.41, 5.74) is 3.13. The fourth-order valence-corrected chi connectivity index (χ4v) is 35.1. The number of benzene rings is 18. The smallest absolute Gasteiger partial charge is 0.343 e. The Hall–Kier alpha value is -13.6. The molecule has 18 aromatic carbocycles. The van der Waals surface area contributed by atoms with Crippen LogP contribution in [0.15, 0.2) is 418 Å². The third kappa shape index (κ3) is 25.6. The zero-order chi connectivity index (χ0) is 102. The number of fused-ring (bicyclic) bond motifs is 8. The van der Waals surface area contributed by atoms with E-state index in [4.69, 9.17) is 28.4 Å². The van der Waals surface area contributed by atoms with Crippen LogP contribution in [0.5, 0.6) is 34.5 Å². The average molecular weight is 2080 g/mol. The summed E-state index contributed by atoms with van der Waals surface area (Å²) in [6.07, 6.45) is 19.9. The Labute approximate surface area is 890 Å². The first-order chi connectivity index (χ1) is 73.1. The minimum atomic E-state index is -0.365. The van der Waals surface area contributed by atoms with Crippen molar-refractivity contribution in [1.29, 1.82) is 0 Å². The molecule has 0 unspecified atom stereocenters. The van der Waals surface area contributed by atoms with E-state index in [9.17, 15) is 28.8 Å². The summed E-state index contributed by atoms with van der Waals surface area (Å²) in [6, 6.07) is 120. The number of hydrogen-bond donors (Lipinski definition) is 0. The maximum absolute atomic E-state index is 12.9. The molecule has 6 aliphatic rings. The van der Waals surface area contributed by atoms with E-state index in [2.05, 4.69) is 141 Å². The molecule has 6 aliphatic heterocycles. The van der Waals surface area contributed by atoms with Gasteiger partial charge in [0, 0.05) is 141 Å². The molecule has 0 aliphatic carbocycles. The van der Waals surface area contributed by atoms with Gasteiger partial charge in [0.25, 0.3) is 0 Å². The minimum Gasteiger partial charge on any atom is -0.423 e. The van der Waals surface area contributed by atoms with Gasteiger partial charge in [-0.2, -0.15) is 0 Å². The fourth-order valence-electron chi connectivity index (χ4n) is 20.1. The van der Waals surface area contributed by atoms with Gasteiger partial charge in [-0.25, -0.2) is 28.8 Å². The summed E-state index contributed by atoms with van der Waals surface area (Å²) in [4.78, 5) is 82.6. The number of carbonyl (C=O) groups excluding carboxylic acids is 6. The standard InChI is InChI=1S/C26H23O2S.C25H21O2S.C22H21O2S.C21H19O2S.C19H21O2S.C18H19O2S/c27-26(21-13-12-19-8-2-3-9-20(19)18-21)28-24-14-15-25(29-16-6-1-7-17-29)23-11-5-4-10-22(23)24;26-25(20-12-11-18-7-1-2-8-19(18)17-20)27-23-13-14-24(28-15-5-6-16-28)22-10-4-3-9-21(22)23;23-22(17-9-3-1-4-10-17)24-20-13-14-21(25-15-7-2-8-16-25)19-12-6-5-11-18(19)20;22-21(16-8-2-1-3-9-16)23-19-12-13-20(24-14-6-7-15-24)18-11-5-4-10-17(18)19;1-14(2)19(20)21-17-10-11-18(22-12-6-3-7-13-22)16-9-5-4-8-15(16)17;1-13(2)18(19)20-16-9-10-17(21-11-5-6-12-21)15-8-4-3-7-14(15)16/h2-5,8-15,18H,1,6-7,16-17H2;1-4,7-14,17H,5-6,15-16H2;1,3-6,9-14H,2,7-8,15-16H2;1-5,8-13H,6-7,14-15H2;4-5,8-11H,1,3,6-7,12-13H2,2H3;3-4,7-10H,1,5-6,11-12H2,2H3/q6*+1. The zero-order valence-electron chi connectivity index (χ0n) is 84.5. The normalized spacial score (nSPS) is 15.0. The van der Waals surface area contributed by atoms with Crippen LogP contribution in [0.3, 0.4) is 0 Å². The van der Waals surface area contributed by atoms with E-state index in [1.165, 1.54) is 227 Å². The molecule has 0 amide bonds. The van der Waals surface area contributed by atoms with Crippen LogP contribution in [0.2, 0.25) is 0 Å². The van der Waals surface area contributed by atoms with Crippen LogP contribution >= 0.6 is 0 Å². The van der Waals surface area contributed by atoms with E-state index in [0.29, 0.717) is 133 Å². The van der Waals surface area contributed by atoms with Gasteiger partial charge in [-0.1, -0.05) is 219 Å². The van der Waals surface area contributed by atoms with Gasteiger partial charge in [0.15, 0.2) is 29.4 Å². The molecular weight excluding hydrogens is 1960 g/mol. The van der Waals surface area contributed by atoms with E-state index in [1.807, 2.05) is 212 Å². The van der Waals surface area contributed by atoms with Crippen LogP contribution < -0.4 is 28.4 Å². The summed E-state index contributed by atoms with van der Waals surface area (Å²) in [6.45, 7) is 10.6. The topological polar surface area (TPSA) is 158 Å². The molecule has 0 aromatic heterocycles. The Morgan fingerprint density at radius 3 is 0.584 bits per heavy atom. The minimum absolute atomic E-state index is 0.304. The molecule has 750 valence electrons. The van der Waals surface area contributed by atoms with Crippen LogP contribution in [0, 0.1) is 0 Å². The van der Waals surface area contributed by atoms with Crippen molar-refractivity contribution >= 4 is 187 Å². The third-order valence-corrected chi connectivity index (χ3v) is 43.0. The molecule has 24 rings (SSSR count). The Bertz CT molecular complexity index is 7910. The quantitative estimate of drug-likeness (QED) is 0.0347. The first kappa shape index (κ1) is 104. The fraction of sp³-hybridized carbons (Fsp3) is 0.221. The van der Waals surface area contributed by atoms with Crippen molar-refractivity contribution in [1.82, 2.24) is 0 Å². The molecule has 0 radical (unpaired) electrons. The molecular formula is C131H124O12S6+6. The van der Waals surface area contributed by atoms with Gasteiger partial charge >= 0.3 is 35.8 Å². The van der Waals surface area contributed by atoms with Gasteiger partial charge in [0.1, 0.15) is 104 Å². The predicted octanol–water partition coefficient (Wildman–Crippen LogP) is 31.0. The van der Waals surface area contributed by atoms with Crippen molar-refractivity contribution in [3.05, 3.63) is 411 Å². The highest BCUT2D eigenvalue weighted by atomic mass is 32.2.